The van der Waals surface area contributed by atoms with Crippen molar-refractivity contribution >= 4 is 23.6 Å². The third-order valence-corrected chi connectivity index (χ3v) is 6.43. The molecule has 3 aliphatic heterocycles. The molecule has 3 atom stereocenters. The van der Waals surface area contributed by atoms with Crippen LogP contribution in [0.15, 0.2) is 12.1 Å². The summed E-state index contributed by atoms with van der Waals surface area (Å²) in [6.07, 6.45) is 2.08. The highest BCUT2D eigenvalue weighted by molar-refractivity contribution is 7.99. The number of carbonyl (C=O) groups is 2. The van der Waals surface area contributed by atoms with Crippen LogP contribution in [0.1, 0.15) is 34.1 Å². The van der Waals surface area contributed by atoms with Crippen LogP contribution in [0.4, 0.5) is 0 Å². The third-order valence-electron chi connectivity index (χ3n) is 5.12. The van der Waals surface area contributed by atoms with Crippen LogP contribution in [0.2, 0.25) is 0 Å². The second-order valence-corrected chi connectivity index (χ2v) is 7.67. The van der Waals surface area contributed by atoms with Gasteiger partial charge in [-0.2, -0.15) is 0 Å². The number of thioether (sulfide) groups is 1. The Kier molecular flexibility index (Phi) is 4.71. The molecule has 3 heterocycles. The van der Waals surface area contributed by atoms with Crippen molar-refractivity contribution in [1.82, 2.24) is 10.2 Å². The maximum atomic E-state index is 13.1. The molecule has 26 heavy (non-hydrogen) atoms. The van der Waals surface area contributed by atoms with E-state index in [1.165, 1.54) is 7.11 Å². The van der Waals surface area contributed by atoms with E-state index in [-0.39, 0.29) is 23.3 Å². The number of amides is 2. The molecule has 1 N–H and O–H groups in total. The SMILES string of the molecule is COc1ccc2c(c1OC)C(=O)N1[C@@H]2SC[C@H]1C(=O)NC[C@H]1CCCO1. The van der Waals surface area contributed by atoms with Crippen LogP contribution < -0.4 is 14.8 Å². The molecule has 0 unspecified atom stereocenters. The summed E-state index contributed by atoms with van der Waals surface area (Å²) in [6, 6.07) is 3.21. The Bertz CT molecular complexity index is 735. The first kappa shape index (κ1) is 17.5. The molecule has 0 saturated carbocycles. The Morgan fingerprint density at radius 2 is 2.23 bits per heavy atom. The van der Waals surface area contributed by atoms with E-state index < -0.39 is 6.04 Å². The first-order valence-electron chi connectivity index (χ1n) is 8.74. The molecular formula is C18H22N2O5S. The van der Waals surface area contributed by atoms with Gasteiger partial charge in [0.25, 0.3) is 5.91 Å². The van der Waals surface area contributed by atoms with Gasteiger partial charge >= 0.3 is 0 Å². The maximum Gasteiger partial charge on any atom is 0.260 e. The lowest BCUT2D eigenvalue weighted by molar-refractivity contribution is -0.125. The van der Waals surface area contributed by atoms with Gasteiger partial charge in [0.15, 0.2) is 11.5 Å². The van der Waals surface area contributed by atoms with Gasteiger partial charge in [0.05, 0.1) is 25.9 Å². The van der Waals surface area contributed by atoms with Gasteiger partial charge in [-0.25, -0.2) is 0 Å². The van der Waals surface area contributed by atoms with E-state index in [0.29, 0.717) is 29.4 Å². The standard InChI is InChI=1S/C18H22N2O5S/c1-23-13-6-5-11-14(15(13)24-2)17(22)20-12(9-26-18(11)20)16(21)19-8-10-4-3-7-25-10/h5-6,10,12,18H,3-4,7-9H2,1-2H3,(H,19,21)/t10-,12+,18-/m1/s1. The van der Waals surface area contributed by atoms with E-state index >= 15 is 0 Å². The van der Waals surface area contributed by atoms with Crippen LogP contribution in [0.25, 0.3) is 0 Å². The number of nitrogens with zero attached hydrogens (tertiary/aromatic N) is 1. The van der Waals surface area contributed by atoms with Crippen LogP contribution in [-0.2, 0) is 9.53 Å². The normalized spacial score (nSPS) is 26.6. The van der Waals surface area contributed by atoms with Crippen molar-refractivity contribution in [2.75, 3.05) is 33.1 Å². The van der Waals surface area contributed by atoms with Gasteiger partial charge in [-0.1, -0.05) is 6.07 Å². The van der Waals surface area contributed by atoms with Crippen molar-refractivity contribution in [3.63, 3.8) is 0 Å². The van der Waals surface area contributed by atoms with E-state index in [4.69, 9.17) is 14.2 Å². The number of methoxy groups -OCH3 is 2. The minimum atomic E-state index is -0.484. The number of ether oxygens (including phenoxy) is 3. The van der Waals surface area contributed by atoms with Gasteiger partial charge in [0.2, 0.25) is 5.91 Å². The second-order valence-electron chi connectivity index (χ2n) is 6.56. The van der Waals surface area contributed by atoms with E-state index in [1.807, 2.05) is 6.07 Å². The monoisotopic (exact) mass is 378 g/mol. The summed E-state index contributed by atoms with van der Waals surface area (Å²) in [5.74, 6) is 1.24. The van der Waals surface area contributed by atoms with Crippen molar-refractivity contribution in [1.29, 1.82) is 0 Å². The third kappa shape index (κ3) is 2.72. The molecule has 4 rings (SSSR count). The number of fused-ring (bicyclic) bond motifs is 3. The van der Waals surface area contributed by atoms with Crippen LogP contribution in [0, 0.1) is 0 Å². The molecule has 0 spiro atoms. The Hall–Kier alpha value is -1.93. The number of hydrogen-bond donors (Lipinski definition) is 1. The van der Waals surface area contributed by atoms with E-state index in [1.54, 1.807) is 29.8 Å². The number of carbonyl (C=O) groups excluding carboxylic acids is 2. The summed E-state index contributed by atoms with van der Waals surface area (Å²) in [6.45, 7) is 1.25. The highest BCUT2D eigenvalue weighted by Gasteiger charge is 2.50. The predicted molar refractivity (Wildman–Crippen MR) is 96.7 cm³/mol. The lowest BCUT2D eigenvalue weighted by Crippen LogP contribution is -2.47. The smallest absolute Gasteiger partial charge is 0.260 e. The molecule has 1 aromatic carbocycles. The molecule has 0 radical (unpaired) electrons. The van der Waals surface area contributed by atoms with Crippen LogP contribution in [0.5, 0.6) is 11.5 Å². The van der Waals surface area contributed by atoms with Gasteiger partial charge in [-0.3, -0.25) is 9.59 Å². The fraction of sp³-hybridized carbons (Fsp3) is 0.556. The van der Waals surface area contributed by atoms with Gasteiger partial charge in [0, 0.05) is 24.5 Å². The fourth-order valence-electron chi connectivity index (χ4n) is 3.83. The molecule has 8 heteroatoms. The number of hydrogen-bond acceptors (Lipinski definition) is 6. The lowest BCUT2D eigenvalue weighted by Gasteiger charge is -2.23. The van der Waals surface area contributed by atoms with Gasteiger partial charge in [-0.15, -0.1) is 11.8 Å². The highest BCUT2D eigenvalue weighted by Crippen LogP contribution is 2.52. The Morgan fingerprint density at radius 1 is 1.38 bits per heavy atom. The summed E-state index contributed by atoms with van der Waals surface area (Å²) in [5.41, 5.74) is 1.38. The molecule has 2 fully saturated rings. The maximum absolute atomic E-state index is 13.1. The molecule has 2 amide bonds. The molecule has 2 saturated heterocycles. The number of rotatable bonds is 5. The van der Waals surface area contributed by atoms with Crippen molar-refractivity contribution in [2.45, 2.75) is 30.4 Å². The number of nitrogens with one attached hydrogen (secondary N) is 1. The minimum absolute atomic E-state index is 0.0830. The zero-order chi connectivity index (χ0) is 18.3. The summed E-state index contributed by atoms with van der Waals surface area (Å²) in [7, 11) is 3.06. The van der Waals surface area contributed by atoms with Crippen LogP contribution in [-0.4, -0.2) is 62.0 Å². The molecule has 0 bridgehead atoms. The summed E-state index contributed by atoms with van der Waals surface area (Å²) in [4.78, 5) is 27.4. The van der Waals surface area contributed by atoms with Gasteiger partial charge in [0.1, 0.15) is 11.4 Å². The molecule has 3 aliphatic rings. The van der Waals surface area contributed by atoms with Gasteiger partial charge < -0.3 is 24.4 Å². The molecule has 0 aromatic heterocycles. The lowest BCUT2D eigenvalue weighted by atomic mass is 10.1. The largest absolute Gasteiger partial charge is 0.493 e. The topological polar surface area (TPSA) is 77.1 Å². The molecular weight excluding hydrogens is 356 g/mol. The minimum Gasteiger partial charge on any atom is -0.493 e. The number of benzene rings is 1. The quantitative estimate of drug-likeness (QED) is 0.838. The first-order valence-corrected chi connectivity index (χ1v) is 9.79. The van der Waals surface area contributed by atoms with Crippen molar-refractivity contribution < 1.29 is 23.8 Å². The highest BCUT2D eigenvalue weighted by atomic mass is 32.2. The molecule has 1 aromatic rings. The van der Waals surface area contributed by atoms with E-state index in [9.17, 15) is 9.59 Å². The van der Waals surface area contributed by atoms with Gasteiger partial charge in [-0.05, 0) is 18.9 Å². The zero-order valence-electron chi connectivity index (χ0n) is 14.8. The average molecular weight is 378 g/mol. The Morgan fingerprint density at radius 3 is 2.92 bits per heavy atom. The molecule has 0 aliphatic carbocycles. The molecule has 7 nitrogen and oxygen atoms in total. The predicted octanol–water partition coefficient (Wildman–Crippen LogP) is 1.57. The summed E-state index contributed by atoms with van der Waals surface area (Å²) >= 11 is 1.60. The molecule has 140 valence electrons. The Labute approximate surface area is 156 Å². The van der Waals surface area contributed by atoms with E-state index in [0.717, 1.165) is 25.0 Å². The van der Waals surface area contributed by atoms with Crippen molar-refractivity contribution in [2.24, 2.45) is 0 Å². The van der Waals surface area contributed by atoms with Crippen LogP contribution in [0.3, 0.4) is 0 Å². The summed E-state index contributed by atoms with van der Waals surface area (Å²) in [5, 5.41) is 2.79. The average Bonchev–Trinajstić information content (AvgIpc) is 3.37. The second kappa shape index (κ2) is 7.00. The van der Waals surface area contributed by atoms with Crippen molar-refractivity contribution in [3.05, 3.63) is 23.3 Å². The van der Waals surface area contributed by atoms with Crippen LogP contribution >= 0.6 is 11.8 Å². The fourth-order valence-corrected chi connectivity index (χ4v) is 5.29. The van der Waals surface area contributed by atoms with Crippen molar-refractivity contribution in [3.8, 4) is 11.5 Å². The summed E-state index contributed by atoms with van der Waals surface area (Å²) < 4.78 is 16.3. The Balaban J connectivity index is 1.54. The first-order chi connectivity index (χ1) is 12.7. The zero-order valence-corrected chi connectivity index (χ0v) is 15.6. The van der Waals surface area contributed by atoms with E-state index in [2.05, 4.69) is 5.32 Å².